The minimum atomic E-state index is -0.444. The number of aromatic hydroxyl groups is 3. The molecule has 0 saturated heterocycles. The normalized spacial score (nSPS) is 10.2. The highest BCUT2D eigenvalue weighted by molar-refractivity contribution is 6.31. The number of phenolic OH excluding ortho intramolecular Hbond substituents is 3. The van der Waals surface area contributed by atoms with Crippen LogP contribution in [0.3, 0.4) is 0 Å². The Hall–Kier alpha value is -16.8. The van der Waals surface area contributed by atoms with Crippen LogP contribution in [0.2, 0.25) is 10.0 Å². The molecule has 0 amide bonds. The minimum absolute atomic E-state index is 0.0410. The molecule has 15 rings (SSSR count). The van der Waals surface area contributed by atoms with E-state index in [-0.39, 0.29) is 11.5 Å². The van der Waals surface area contributed by atoms with Gasteiger partial charge in [0.25, 0.3) is 5.69 Å². The SMILES string of the molecule is CCNc1cc(O)ccc1C.CCNc1ccc(Cl)cc1.CN(C)c1ccc(N=Nc2ccc(F)cc2)cc1.CN(C)c1ccc(N=Nc2ccc(N)cc2)cc1.CN(C)c1ccc(N=Nc2ccc([N+](=O)[O-])cc2)cc1.CN(C)c1cccc(O)c1.CNc1ccc(Cl)cc1.CNc1ccc(N=Nc2cccc(C)c2)cc1.CNc1ccc(O)cc1.COc1ccc(N=Nc2ccc(N(C)C)cc2)cc1. The lowest BCUT2D eigenvalue weighted by Gasteiger charge is -2.11. The van der Waals surface area contributed by atoms with E-state index in [2.05, 4.69) is 84.7 Å². The Balaban J connectivity index is 0.000000243. The number of rotatable bonds is 24. The Morgan fingerprint density at radius 3 is 0.965 bits per heavy atom. The predicted molar refractivity (Wildman–Crippen MR) is 588 cm³/mol. The van der Waals surface area contributed by atoms with Crippen LogP contribution in [-0.2, 0) is 0 Å². The van der Waals surface area contributed by atoms with Gasteiger partial charge in [-0.15, -0.1) is 0 Å². The maximum absolute atomic E-state index is 12.7. The molecule has 0 fully saturated rings. The van der Waals surface area contributed by atoms with Crippen LogP contribution in [0, 0.1) is 29.8 Å². The van der Waals surface area contributed by atoms with Gasteiger partial charge in [0.1, 0.15) is 28.8 Å². The van der Waals surface area contributed by atoms with E-state index in [0.717, 1.165) is 143 Å². The number of halogens is 3. The maximum Gasteiger partial charge on any atom is 0.269 e. The van der Waals surface area contributed by atoms with Crippen LogP contribution in [0.5, 0.6) is 23.0 Å². The number of nitro groups is 1. The van der Waals surface area contributed by atoms with Crippen molar-refractivity contribution >= 4 is 148 Å². The number of aryl methyl sites for hydroxylation is 2. The zero-order valence-electron chi connectivity index (χ0n) is 82.9. The molecule has 15 aromatic carbocycles. The Labute approximate surface area is 838 Å². The summed E-state index contributed by atoms with van der Waals surface area (Å²) in [4.78, 5) is 20.1. The third-order valence-corrected chi connectivity index (χ3v) is 19.8. The molecule has 0 aliphatic carbocycles. The summed E-state index contributed by atoms with van der Waals surface area (Å²) in [7, 11) is 27.0. The zero-order chi connectivity index (χ0) is 103. The fourth-order valence-electron chi connectivity index (χ4n) is 11.3. The summed E-state index contributed by atoms with van der Waals surface area (Å²) >= 11 is 11.3. The Bertz CT molecular complexity index is 6090. The predicted octanol–water partition coefficient (Wildman–Crippen LogP) is 30.9. The first-order chi connectivity index (χ1) is 67.7. The molecule has 734 valence electrons. The average molecular weight is 1940 g/mol. The van der Waals surface area contributed by atoms with Crippen molar-refractivity contribution in [3.8, 4) is 23.0 Å². The van der Waals surface area contributed by atoms with E-state index in [1.54, 1.807) is 67.8 Å². The van der Waals surface area contributed by atoms with Crippen LogP contribution in [0.25, 0.3) is 0 Å². The lowest BCUT2D eigenvalue weighted by Crippen LogP contribution is -2.07. The number of nitrogen functional groups attached to an aromatic ring is 1. The van der Waals surface area contributed by atoms with E-state index in [4.69, 9.17) is 49.0 Å². The van der Waals surface area contributed by atoms with Gasteiger partial charge in [0.15, 0.2) is 0 Å². The Morgan fingerprint density at radius 1 is 0.340 bits per heavy atom. The van der Waals surface area contributed by atoms with Gasteiger partial charge >= 0.3 is 0 Å². The van der Waals surface area contributed by atoms with Gasteiger partial charge < -0.3 is 76.9 Å². The first kappa shape index (κ1) is 113. The number of benzene rings is 15. The molecule has 28 nitrogen and oxygen atoms in total. The van der Waals surface area contributed by atoms with Gasteiger partial charge in [-0.3, -0.25) is 10.1 Å². The highest BCUT2D eigenvalue weighted by atomic mass is 35.5. The summed E-state index contributed by atoms with van der Waals surface area (Å²) in [6, 6.07) is 108. The topological polar surface area (TPSA) is 339 Å². The highest BCUT2D eigenvalue weighted by Gasteiger charge is 2.07. The van der Waals surface area contributed by atoms with Gasteiger partial charge in [0.2, 0.25) is 0 Å². The number of nitrogens with one attached hydrogen (secondary N) is 5. The number of methoxy groups -OCH3 is 1. The van der Waals surface area contributed by atoms with Crippen molar-refractivity contribution in [2.75, 3.05) is 169 Å². The Kier molecular flexibility index (Phi) is 50.3. The van der Waals surface area contributed by atoms with Crippen LogP contribution < -0.4 is 61.6 Å². The molecule has 0 spiro atoms. The fraction of sp³-hybridized carbons (Fsp3) is 0.182. The van der Waals surface area contributed by atoms with Crippen LogP contribution in [0.4, 0.5) is 130 Å². The standard InChI is InChI=1S/C15H17N3O.C14H14FN3.C14H14N4O2.C14H16N4.C14H15N3.C9H13NO.C8H10ClN.C8H11NO.C7H8ClN.C7H9NO/c1-18(2)14-8-4-12(5-9-14)16-17-13-6-10-15(19-3)11-7-13;1-18(2)14-9-7-13(8-10-14)17-16-12-5-3-11(15)4-6-12;1-17(2)13-7-3-11(4-8-13)15-16-12-5-9-14(10-6-12)18(19)20;1-18(2)14-9-7-13(8-10-14)17-16-12-5-3-11(15)4-6-12;1-11-4-3-5-14(10-11)17-16-13-8-6-12(15-2)7-9-13;1-3-10-9-6-8(11)5-4-7(9)2;1-2-10-8-5-3-7(9)4-6-8;1-9(2)7-4-3-5-8(10)6-7;1-9-7-4-2-6(8)3-5-7;1-8-6-2-4-7(9)5-3-6/h4-11H,1-3H3;3-10H,1-2H3;3-10H,1-2H3;3-10H,15H2,1-2H3;3-10,15H,1-2H3;4-6,10-11H,3H2,1-2H3;3-6,10H,2H2,1H3;3-6,10H,1-2H3;2-5,9H,1H3;2-5,8-9H,1H3. The molecule has 0 bridgehead atoms. The zero-order valence-corrected chi connectivity index (χ0v) is 84.4. The van der Waals surface area contributed by atoms with E-state index in [1.807, 2.05) is 410 Å². The number of hydrogen-bond donors (Lipinski definition) is 9. The average Bonchev–Trinajstić information content (AvgIpc) is 0.880. The first-order valence-electron chi connectivity index (χ1n) is 44.7. The molecule has 31 heteroatoms. The molecule has 141 heavy (non-hydrogen) atoms. The van der Waals surface area contributed by atoms with Crippen LogP contribution in [0.15, 0.2) is 409 Å². The first-order valence-corrected chi connectivity index (χ1v) is 45.4. The quantitative estimate of drug-likeness (QED) is 0.00892. The molecule has 0 unspecified atom stereocenters. The lowest BCUT2D eigenvalue weighted by molar-refractivity contribution is -0.384. The van der Waals surface area contributed by atoms with Gasteiger partial charge in [0, 0.05) is 202 Å². The van der Waals surface area contributed by atoms with E-state index in [0.29, 0.717) is 28.6 Å². The number of anilines is 11. The molecule has 0 aromatic heterocycles. The smallest absolute Gasteiger partial charge is 0.269 e. The van der Waals surface area contributed by atoms with E-state index in [9.17, 15) is 14.5 Å². The van der Waals surface area contributed by atoms with Crippen molar-refractivity contribution in [1.29, 1.82) is 0 Å². The molecular formula is C110H127Cl2FN22O6. The molecule has 0 aliphatic rings. The van der Waals surface area contributed by atoms with E-state index >= 15 is 0 Å². The van der Waals surface area contributed by atoms with Gasteiger partial charge in [-0.05, 0) is 348 Å². The van der Waals surface area contributed by atoms with E-state index in [1.165, 1.54) is 29.8 Å². The monoisotopic (exact) mass is 1940 g/mol. The molecule has 10 N–H and O–H groups in total. The van der Waals surface area contributed by atoms with Crippen molar-refractivity contribution < 1.29 is 29.4 Å². The van der Waals surface area contributed by atoms with E-state index < -0.39 is 4.92 Å². The van der Waals surface area contributed by atoms with Crippen molar-refractivity contribution in [2.24, 2.45) is 51.1 Å². The van der Waals surface area contributed by atoms with Gasteiger partial charge in [-0.2, -0.15) is 51.1 Å². The van der Waals surface area contributed by atoms with Crippen molar-refractivity contribution in [3.05, 3.63) is 395 Å². The molecule has 0 atom stereocenters. The number of hydrogen-bond acceptors (Lipinski definition) is 27. The number of non-ortho nitro benzene ring substituents is 1. The number of nitro benzene ring substituents is 1. The summed E-state index contributed by atoms with van der Waals surface area (Å²) in [5.41, 5.74) is 27.2. The summed E-state index contributed by atoms with van der Waals surface area (Å²) in [5, 5.41) is 95.7. The number of phenols is 3. The second kappa shape index (κ2) is 62.8. The highest BCUT2D eigenvalue weighted by Crippen LogP contribution is 2.30. The molecule has 0 aliphatic heterocycles. The fourth-order valence-corrected chi connectivity index (χ4v) is 11.6. The van der Waals surface area contributed by atoms with Crippen molar-refractivity contribution in [1.82, 2.24) is 0 Å². The molecule has 0 saturated carbocycles. The largest absolute Gasteiger partial charge is 0.508 e. The van der Waals surface area contributed by atoms with Crippen LogP contribution in [0.1, 0.15) is 25.0 Å². The third-order valence-electron chi connectivity index (χ3n) is 19.3. The lowest BCUT2D eigenvalue weighted by atomic mass is 10.2. The Morgan fingerprint density at radius 2 is 0.638 bits per heavy atom. The minimum Gasteiger partial charge on any atom is -0.508 e. The van der Waals surface area contributed by atoms with Crippen molar-refractivity contribution in [3.63, 3.8) is 0 Å². The van der Waals surface area contributed by atoms with Gasteiger partial charge in [-0.25, -0.2) is 4.39 Å². The summed E-state index contributed by atoms with van der Waals surface area (Å²) in [5.74, 6) is 1.46. The maximum atomic E-state index is 12.7. The summed E-state index contributed by atoms with van der Waals surface area (Å²) < 4.78 is 17.8. The van der Waals surface area contributed by atoms with Gasteiger partial charge in [-0.1, -0.05) is 47.5 Å². The van der Waals surface area contributed by atoms with Gasteiger partial charge in [0.05, 0.1) is 68.9 Å². The molecule has 0 heterocycles. The molecule has 15 aromatic rings. The van der Waals surface area contributed by atoms with Crippen molar-refractivity contribution in [2.45, 2.75) is 27.7 Å². The number of ether oxygens (including phenoxy) is 1. The number of nitrogens with zero attached hydrogens (tertiary/aromatic N) is 16. The van der Waals surface area contributed by atoms with Crippen LogP contribution in [-0.4, -0.2) is 132 Å². The number of azo groups is 5. The summed E-state index contributed by atoms with van der Waals surface area (Å²) in [6.45, 7) is 9.97. The second-order valence-electron chi connectivity index (χ2n) is 31.4. The van der Waals surface area contributed by atoms with Crippen LogP contribution >= 0.6 is 23.2 Å². The molecular weight excluding hydrogens is 1820 g/mol. The molecule has 0 radical (unpaired) electrons. The second-order valence-corrected chi connectivity index (χ2v) is 32.2. The number of nitrogens with two attached hydrogens (primary N) is 1. The summed E-state index contributed by atoms with van der Waals surface area (Å²) in [6.07, 6.45) is 0. The third kappa shape index (κ3) is 45.6.